The molecule has 0 unspecified atom stereocenters. The summed E-state index contributed by atoms with van der Waals surface area (Å²) in [5.74, 6) is -4.72. The maximum Gasteiger partial charge on any atom is 0.419 e. The van der Waals surface area contributed by atoms with Gasteiger partial charge in [-0.1, -0.05) is 6.07 Å². The predicted molar refractivity (Wildman–Crippen MR) is 68.6 cm³/mol. The lowest BCUT2D eigenvalue weighted by molar-refractivity contribution is -0.139. The number of halogens is 6. The molecule has 3 nitrogen and oxygen atoms in total. The quantitative estimate of drug-likeness (QED) is 0.849. The first-order valence-corrected chi connectivity index (χ1v) is 7.34. The van der Waals surface area contributed by atoms with Crippen LogP contribution >= 0.6 is 0 Å². The fraction of sp³-hybridized carbons (Fsp3) is 0.0769. The van der Waals surface area contributed by atoms with Crippen LogP contribution < -0.4 is 4.72 Å². The predicted octanol–water partition coefficient (Wildman–Crippen LogP) is 3.92. The van der Waals surface area contributed by atoms with E-state index in [1.165, 1.54) is 0 Å². The van der Waals surface area contributed by atoms with Crippen molar-refractivity contribution in [1.82, 2.24) is 0 Å². The maximum atomic E-state index is 13.5. The summed E-state index contributed by atoms with van der Waals surface area (Å²) in [7, 11) is -4.70. The molecule has 2 rings (SSSR count). The van der Waals surface area contributed by atoms with Crippen molar-refractivity contribution in [2.75, 3.05) is 4.72 Å². The first-order chi connectivity index (χ1) is 10.5. The van der Waals surface area contributed by atoms with Gasteiger partial charge >= 0.3 is 6.18 Å². The van der Waals surface area contributed by atoms with Crippen LogP contribution in [-0.2, 0) is 16.2 Å². The van der Waals surface area contributed by atoms with Gasteiger partial charge in [0.2, 0.25) is 0 Å². The Kier molecular flexibility index (Phi) is 4.29. The SMILES string of the molecule is O=S(=O)(Nc1ccc(F)c(C(F)(F)F)c1)c1cccc(F)c1F. The largest absolute Gasteiger partial charge is 0.419 e. The molecule has 2 aromatic carbocycles. The first-order valence-electron chi connectivity index (χ1n) is 5.86. The van der Waals surface area contributed by atoms with E-state index in [1.807, 2.05) is 0 Å². The summed E-state index contributed by atoms with van der Waals surface area (Å²) >= 11 is 0. The maximum absolute atomic E-state index is 13.5. The molecule has 0 aliphatic carbocycles. The normalized spacial score (nSPS) is 12.3. The van der Waals surface area contributed by atoms with Gasteiger partial charge < -0.3 is 0 Å². The Bertz CT molecular complexity index is 848. The highest BCUT2D eigenvalue weighted by atomic mass is 32.2. The van der Waals surface area contributed by atoms with Gasteiger partial charge in [-0.25, -0.2) is 21.6 Å². The standard InChI is InChI=1S/C13H7F6NO2S/c14-9-5-4-7(6-8(9)13(17,18)19)20-23(21,22)11-3-1-2-10(15)12(11)16/h1-6,20H. The molecule has 0 amide bonds. The summed E-state index contributed by atoms with van der Waals surface area (Å²) in [5, 5.41) is 0. The number of hydrogen-bond acceptors (Lipinski definition) is 2. The fourth-order valence-electron chi connectivity index (χ4n) is 1.71. The van der Waals surface area contributed by atoms with E-state index in [0.29, 0.717) is 12.1 Å². The summed E-state index contributed by atoms with van der Waals surface area (Å²) in [5.41, 5.74) is -2.35. The lowest BCUT2D eigenvalue weighted by atomic mass is 10.2. The zero-order valence-electron chi connectivity index (χ0n) is 11.0. The van der Waals surface area contributed by atoms with Crippen LogP contribution in [0, 0.1) is 17.5 Å². The zero-order valence-corrected chi connectivity index (χ0v) is 11.8. The van der Waals surface area contributed by atoms with Crippen molar-refractivity contribution in [2.24, 2.45) is 0 Å². The van der Waals surface area contributed by atoms with Crippen LogP contribution in [0.3, 0.4) is 0 Å². The molecule has 0 aliphatic rings. The zero-order chi connectivity index (χ0) is 17.4. The number of alkyl halides is 3. The molecule has 124 valence electrons. The average Bonchev–Trinajstić information content (AvgIpc) is 2.42. The molecule has 23 heavy (non-hydrogen) atoms. The second-order valence-electron chi connectivity index (χ2n) is 4.35. The van der Waals surface area contributed by atoms with Crippen LogP contribution in [0.1, 0.15) is 5.56 Å². The number of hydrogen-bond donors (Lipinski definition) is 1. The van der Waals surface area contributed by atoms with Crippen molar-refractivity contribution >= 4 is 15.7 Å². The molecule has 0 heterocycles. The van der Waals surface area contributed by atoms with E-state index < -0.39 is 49.8 Å². The minimum absolute atomic E-state index is 0.212. The second kappa shape index (κ2) is 5.76. The van der Waals surface area contributed by atoms with E-state index in [9.17, 15) is 34.8 Å². The highest BCUT2D eigenvalue weighted by Crippen LogP contribution is 2.33. The van der Waals surface area contributed by atoms with E-state index in [1.54, 1.807) is 4.72 Å². The van der Waals surface area contributed by atoms with Gasteiger partial charge in [0.15, 0.2) is 11.6 Å². The van der Waals surface area contributed by atoms with Gasteiger partial charge in [0.1, 0.15) is 10.7 Å². The van der Waals surface area contributed by atoms with Gasteiger partial charge in [-0.15, -0.1) is 0 Å². The molecule has 0 atom stereocenters. The van der Waals surface area contributed by atoms with Crippen LogP contribution in [0.2, 0.25) is 0 Å². The summed E-state index contributed by atoms with van der Waals surface area (Å²) in [4.78, 5) is -1.09. The molecule has 0 spiro atoms. The monoisotopic (exact) mass is 355 g/mol. The van der Waals surface area contributed by atoms with Gasteiger partial charge in [-0.2, -0.15) is 13.2 Å². The Hall–Kier alpha value is -2.23. The summed E-state index contributed by atoms with van der Waals surface area (Å²) in [6.07, 6.45) is -5.05. The number of nitrogens with one attached hydrogen (secondary N) is 1. The minimum Gasteiger partial charge on any atom is -0.280 e. The fourth-order valence-corrected chi connectivity index (χ4v) is 2.85. The van der Waals surface area contributed by atoms with Crippen molar-refractivity contribution in [2.45, 2.75) is 11.1 Å². The molecular weight excluding hydrogens is 348 g/mol. The van der Waals surface area contributed by atoms with Crippen LogP contribution in [0.25, 0.3) is 0 Å². The lowest BCUT2D eigenvalue weighted by Gasteiger charge is -2.12. The minimum atomic E-state index is -5.05. The molecule has 0 fully saturated rings. The van der Waals surface area contributed by atoms with E-state index in [0.717, 1.165) is 18.2 Å². The van der Waals surface area contributed by atoms with Crippen LogP contribution in [0.15, 0.2) is 41.3 Å². The third-order valence-electron chi connectivity index (χ3n) is 2.73. The number of benzene rings is 2. The number of sulfonamides is 1. The van der Waals surface area contributed by atoms with Gasteiger partial charge in [-0.3, -0.25) is 4.72 Å². The van der Waals surface area contributed by atoms with E-state index in [4.69, 9.17) is 0 Å². The van der Waals surface area contributed by atoms with Crippen LogP contribution in [0.5, 0.6) is 0 Å². The van der Waals surface area contributed by atoms with Gasteiger partial charge in [0, 0.05) is 5.69 Å². The third kappa shape index (κ3) is 3.58. The van der Waals surface area contributed by atoms with E-state index >= 15 is 0 Å². The Balaban J connectivity index is 2.44. The topological polar surface area (TPSA) is 46.2 Å². The summed E-state index contributed by atoms with van der Waals surface area (Å²) in [6.45, 7) is 0. The van der Waals surface area contributed by atoms with Crippen molar-refractivity contribution in [1.29, 1.82) is 0 Å². The van der Waals surface area contributed by atoms with Gasteiger partial charge in [0.05, 0.1) is 5.56 Å². The molecule has 2 aromatic rings. The summed E-state index contributed by atoms with van der Waals surface area (Å²) < 4.78 is 103. The van der Waals surface area contributed by atoms with Gasteiger partial charge in [-0.05, 0) is 30.3 Å². The lowest BCUT2D eigenvalue weighted by Crippen LogP contribution is -2.16. The molecule has 0 saturated carbocycles. The Labute approximate surface area is 126 Å². The third-order valence-corrected chi connectivity index (χ3v) is 4.13. The highest BCUT2D eigenvalue weighted by Gasteiger charge is 2.34. The Morgan fingerprint density at radius 1 is 0.913 bits per heavy atom. The molecule has 0 bridgehead atoms. The average molecular weight is 355 g/mol. The Morgan fingerprint density at radius 2 is 1.57 bits per heavy atom. The Morgan fingerprint density at radius 3 is 2.17 bits per heavy atom. The summed E-state index contributed by atoms with van der Waals surface area (Å²) in [6, 6.07) is 3.66. The van der Waals surface area contributed by atoms with Crippen LogP contribution in [0.4, 0.5) is 32.0 Å². The van der Waals surface area contributed by atoms with E-state index in [2.05, 4.69) is 0 Å². The molecule has 0 aromatic heterocycles. The smallest absolute Gasteiger partial charge is 0.280 e. The highest BCUT2D eigenvalue weighted by molar-refractivity contribution is 7.92. The van der Waals surface area contributed by atoms with Crippen molar-refractivity contribution in [3.63, 3.8) is 0 Å². The molecule has 0 aliphatic heterocycles. The molecular formula is C13H7F6NO2S. The molecule has 10 heteroatoms. The molecule has 1 N–H and O–H groups in total. The number of anilines is 1. The van der Waals surface area contributed by atoms with E-state index in [-0.39, 0.29) is 6.07 Å². The first kappa shape index (κ1) is 17.1. The molecule has 0 radical (unpaired) electrons. The van der Waals surface area contributed by atoms with Crippen molar-refractivity contribution in [3.05, 3.63) is 59.4 Å². The van der Waals surface area contributed by atoms with Crippen LogP contribution in [-0.4, -0.2) is 8.42 Å². The van der Waals surface area contributed by atoms with Crippen molar-refractivity contribution < 1.29 is 34.8 Å². The number of rotatable bonds is 3. The van der Waals surface area contributed by atoms with Crippen molar-refractivity contribution in [3.8, 4) is 0 Å². The molecule has 0 saturated heterocycles. The second-order valence-corrected chi connectivity index (χ2v) is 6.00. The van der Waals surface area contributed by atoms with Gasteiger partial charge in [0.25, 0.3) is 10.0 Å².